The molecule has 3 heterocycles. The number of aromatic nitrogens is 2. The Kier molecular flexibility index (Phi) is 7.74. The Morgan fingerprint density at radius 3 is 2.38 bits per heavy atom. The minimum absolute atomic E-state index is 0.0409. The van der Waals surface area contributed by atoms with E-state index in [9.17, 15) is 41.0 Å². The van der Waals surface area contributed by atoms with Gasteiger partial charge in [0, 0.05) is 50.3 Å². The summed E-state index contributed by atoms with van der Waals surface area (Å²) in [4.78, 5) is 35.5. The van der Waals surface area contributed by atoms with E-state index in [2.05, 4.69) is 20.6 Å². The Balaban J connectivity index is 1.45. The van der Waals surface area contributed by atoms with Gasteiger partial charge in [-0.1, -0.05) is 0 Å². The van der Waals surface area contributed by atoms with Crippen LogP contribution >= 0.6 is 11.3 Å². The Morgan fingerprint density at radius 1 is 1.17 bits per heavy atom. The van der Waals surface area contributed by atoms with Gasteiger partial charge < -0.3 is 20.6 Å². The molecule has 3 fully saturated rings. The monoisotopic (exact) mass is 619 g/mol. The summed E-state index contributed by atoms with van der Waals surface area (Å²) in [6.45, 7) is 2.81. The number of nitrogens with one attached hydrogen (secondary N) is 2. The topological polar surface area (TPSA) is 107 Å². The Morgan fingerprint density at radius 2 is 1.81 bits per heavy atom. The lowest BCUT2D eigenvalue weighted by molar-refractivity contribution is -0.193. The van der Waals surface area contributed by atoms with Crippen LogP contribution in [-0.2, 0) is 6.18 Å². The first kappa shape index (κ1) is 30.5. The maximum atomic E-state index is 14.4. The molecule has 5 rings (SSSR count). The molecule has 2 aliphatic carbocycles. The lowest BCUT2D eigenvalue weighted by Gasteiger charge is -2.57. The molecule has 1 aliphatic heterocycles. The number of likely N-dealkylation sites (tertiary alicyclic amines) is 1. The third kappa shape index (κ3) is 6.51. The largest absolute Gasteiger partial charge is 0.417 e. The van der Waals surface area contributed by atoms with Gasteiger partial charge in [0.05, 0.1) is 16.0 Å². The second-order valence-corrected chi connectivity index (χ2v) is 13.2. The summed E-state index contributed by atoms with van der Waals surface area (Å²) in [5.74, 6) is -4.31. The van der Waals surface area contributed by atoms with Crippen molar-refractivity contribution in [3.63, 3.8) is 0 Å². The van der Waals surface area contributed by atoms with Crippen molar-refractivity contribution in [1.29, 1.82) is 0 Å². The molecule has 0 bridgehead atoms. The highest BCUT2D eigenvalue weighted by molar-refractivity contribution is 7.17. The molecule has 8 nitrogen and oxygen atoms in total. The highest BCUT2D eigenvalue weighted by Gasteiger charge is 2.61. The van der Waals surface area contributed by atoms with Gasteiger partial charge in [-0.15, -0.1) is 11.3 Å². The summed E-state index contributed by atoms with van der Waals surface area (Å²) in [6, 6.07) is 0.498. The summed E-state index contributed by atoms with van der Waals surface area (Å²) in [5, 5.41) is 15.0. The standard InChI is InChI=1S/C27H31F6N5O3S/c1-24(2,41)13-35-21(39)22-37-19(23(40)38-5-3-14(28)4-6-38)20(42-22)16-10-34-18(7-17(16)27(31,32)33)36-15-8-25(9-15)11-26(29,30)12-25/h7,10,14-15,41H,3-6,8-9,11-13H2,1-2H3,(H,34,36)(H,35,39). The fourth-order valence-electron chi connectivity index (χ4n) is 5.90. The van der Waals surface area contributed by atoms with E-state index in [0.717, 1.165) is 12.3 Å². The number of hydrogen-bond acceptors (Lipinski definition) is 7. The van der Waals surface area contributed by atoms with Crippen LogP contribution < -0.4 is 10.6 Å². The van der Waals surface area contributed by atoms with Gasteiger partial charge in [-0.05, 0) is 51.0 Å². The van der Waals surface area contributed by atoms with Crippen LogP contribution in [0, 0.1) is 5.41 Å². The number of carbonyl (C=O) groups is 2. The number of aliphatic hydroxyl groups is 1. The second kappa shape index (κ2) is 10.6. The highest BCUT2D eigenvalue weighted by atomic mass is 32.1. The zero-order valence-corrected chi connectivity index (χ0v) is 23.8. The molecule has 0 unspecified atom stereocenters. The third-order valence-corrected chi connectivity index (χ3v) is 8.94. The number of rotatable bonds is 7. The van der Waals surface area contributed by atoms with E-state index in [1.807, 2.05) is 0 Å². The first-order valence-corrected chi connectivity index (χ1v) is 14.4. The number of piperidine rings is 1. The van der Waals surface area contributed by atoms with Crippen LogP contribution in [0.2, 0.25) is 0 Å². The smallest absolute Gasteiger partial charge is 0.389 e. The SMILES string of the molecule is CC(C)(O)CNC(=O)c1nc(C(=O)N2CCC(F)CC2)c(-c2cnc(NC3CC4(C3)CC(F)(F)C4)cc2C(F)(F)F)s1. The van der Waals surface area contributed by atoms with E-state index in [4.69, 9.17) is 0 Å². The Labute approximate surface area is 241 Å². The third-order valence-electron chi connectivity index (χ3n) is 7.85. The minimum atomic E-state index is -4.88. The van der Waals surface area contributed by atoms with Crippen molar-refractivity contribution in [1.82, 2.24) is 20.2 Å². The van der Waals surface area contributed by atoms with E-state index in [-0.39, 0.29) is 72.8 Å². The van der Waals surface area contributed by atoms with Gasteiger partial charge in [-0.25, -0.2) is 23.1 Å². The van der Waals surface area contributed by atoms with Crippen LogP contribution in [0.25, 0.3) is 10.4 Å². The van der Waals surface area contributed by atoms with E-state index in [0.29, 0.717) is 24.2 Å². The Hall–Kier alpha value is -2.94. The lowest BCUT2D eigenvalue weighted by atomic mass is 9.52. The molecule has 42 heavy (non-hydrogen) atoms. The predicted octanol–water partition coefficient (Wildman–Crippen LogP) is 5.29. The van der Waals surface area contributed by atoms with Crippen LogP contribution in [0.1, 0.15) is 78.2 Å². The molecule has 15 heteroatoms. The van der Waals surface area contributed by atoms with Gasteiger partial charge in [0.25, 0.3) is 11.8 Å². The maximum Gasteiger partial charge on any atom is 0.417 e. The predicted molar refractivity (Wildman–Crippen MR) is 142 cm³/mol. The number of alkyl halides is 6. The summed E-state index contributed by atoms with van der Waals surface area (Å²) >= 11 is 0.582. The van der Waals surface area contributed by atoms with Crippen LogP contribution in [0.3, 0.4) is 0 Å². The van der Waals surface area contributed by atoms with Crippen molar-refractivity contribution >= 4 is 29.0 Å². The van der Waals surface area contributed by atoms with Crippen LogP contribution in [0.15, 0.2) is 12.3 Å². The van der Waals surface area contributed by atoms with Crippen LogP contribution in [0.5, 0.6) is 0 Å². The van der Waals surface area contributed by atoms with Gasteiger partial charge in [0.2, 0.25) is 5.92 Å². The van der Waals surface area contributed by atoms with Crippen molar-refractivity contribution in [3.05, 3.63) is 28.5 Å². The zero-order chi connectivity index (χ0) is 30.7. The molecule has 0 atom stereocenters. The number of hydrogen-bond donors (Lipinski definition) is 3. The van der Waals surface area contributed by atoms with Crippen molar-refractivity contribution in [2.75, 3.05) is 25.0 Å². The number of thiazole rings is 1. The van der Waals surface area contributed by atoms with Gasteiger partial charge in [0.15, 0.2) is 5.01 Å². The summed E-state index contributed by atoms with van der Waals surface area (Å²) in [7, 11) is 0. The van der Waals surface area contributed by atoms with Crippen molar-refractivity contribution in [3.8, 4) is 10.4 Å². The van der Waals surface area contributed by atoms with E-state index in [1.54, 1.807) is 0 Å². The highest BCUT2D eigenvalue weighted by Crippen LogP contribution is 2.62. The molecule has 2 aromatic heterocycles. The number of pyridine rings is 1. The van der Waals surface area contributed by atoms with Gasteiger partial charge in [-0.3, -0.25) is 9.59 Å². The molecule has 2 amide bonds. The average Bonchev–Trinajstić information content (AvgIpc) is 3.29. The molecule has 1 saturated heterocycles. The molecule has 0 radical (unpaired) electrons. The van der Waals surface area contributed by atoms with E-state index < -0.39 is 52.2 Å². The van der Waals surface area contributed by atoms with Gasteiger partial charge in [0.1, 0.15) is 17.7 Å². The fourth-order valence-corrected chi connectivity index (χ4v) is 6.90. The molecular formula is C27H31F6N5O3S. The van der Waals surface area contributed by atoms with Crippen molar-refractivity contribution < 1.29 is 41.0 Å². The molecule has 2 aromatic rings. The molecular weight excluding hydrogens is 588 g/mol. The van der Waals surface area contributed by atoms with E-state index in [1.165, 1.54) is 18.7 Å². The molecule has 2 saturated carbocycles. The normalized spacial score (nSPS) is 20.6. The molecule has 3 aliphatic rings. The first-order valence-electron chi connectivity index (χ1n) is 13.6. The van der Waals surface area contributed by atoms with E-state index >= 15 is 0 Å². The fraction of sp³-hybridized carbons (Fsp3) is 0.630. The van der Waals surface area contributed by atoms with Gasteiger partial charge in [-0.2, -0.15) is 13.2 Å². The Bertz CT molecular complexity index is 1350. The summed E-state index contributed by atoms with van der Waals surface area (Å²) in [5.41, 5.74) is -3.72. The molecule has 0 aromatic carbocycles. The second-order valence-electron chi connectivity index (χ2n) is 12.2. The number of halogens is 6. The van der Waals surface area contributed by atoms with Crippen molar-refractivity contribution in [2.24, 2.45) is 5.41 Å². The van der Waals surface area contributed by atoms with Gasteiger partial charge >= 0.3 is 6.18 Å². The quantitative estimate of drug-likeness (QED) is 0.364. The summed E-state index contributed by atoms with van der Waals surface area (Å²) < 4.78 is 83.5. The van der Waals surface area contributed by atoms with Crippen LogP contribution in [0.4, 0.5) is 32.2 Å². The summed E-state index contributed by atoms with van der Waals surface area (Å²) in [6.07, 6.45) is -4.54. The number of amides is 2. The first-order chi connectivity index (χ1) is 19.4. The minimum Gasteiger partial charge on any atom is -0.389 e. The van der Waals surface area contributed by atoms with Crippen LogP contribution in [-0.4, -0.2) is 75.2 Å². The number of anilines is 1. The maximum absolute atomic E-state index is 14.4. The number of carbonyl (C=O) groups excluding carboxylic acids is 2. The van der Waals surface area contributed by atoms with Crippen molar-refractivity contribution in [2.45, 2.75) is 82.3 Å². The molecule has 230 valence electrons. The molecule has 1 spiro atoms. The number of nitrogens with zero attached hydrogens (tertiary/aromatic N) is 3. The zero-order valence-electron chi connectivity index (χ0n) is 23.0. The lowest BCUT2D eigenvalue weighted by Crippen LogP contribution is -2.57. The average molecular weight is 620 g/mol. The molecule has 3 N–H and O–H groups in total.